The molecule has 1 aliphatic heterocycles. The van der Waals surface area contributed by atoms with Gasteiger partial charge in [-0.2, -0.15) is 10.5 Å². The van der Waals surface area contributed by atoms with Crippen molar-refractivity contribution < 1.29 is 0 Å². The fourth-order valence-corrected chi connectivity index (χ4v) is 4.55. The van der Waals surface area contributed by atoms with Crippen molar-refractivity contribution in [3.8, 4) is 0 Å². The van der Waals surface area contributed by atoms with Crippen molar-refractivity contribution in [3.63, 3.8) is 0 Å². The molecule has 0 aromatic heterocycles. The fourth-order valence-electron chi connectivity index (χ4n) is 3.89. The summed E-state index contributed by atoms with van der Waals surface area (Å²) in [6, 6.07) is 9.07. The Bertz CT molecular complexity index is 466. The molecule has 1 aliphatic carbocycles. The van der Waals surface area contributed by atoms with E-state index >= 15 is 0 Å². The second kappa shape index (κ2) is 4.50. The topological polar surface area (TPSA) is 3.24 Å². The lowest BCUT2D eigenvalue weighted by atomic mass is 9.57. The lowest BCUT2D eigenvalue weighted by Crippen LogP contribution is -2.60. The third-order valence-electron chi connectivity index (χ3n) is 4.48. The molecule has 1 aromatic carbocycles. The summed E-state index contributed by atoms with van der Waals surface area (Å²) in [5, 5.41) is 0. The largest absolute Gasteiger partial charge is 0.305 e. The Hall–Kier alpha value is -0.600. The monoisotopic (exact) mass is 261 g/mol. The molecule has 1 atom stereocenters. The first-order chi connectivity index (χ1) is 8.56. The van der Waals surface area contributed by atoms with E-state index in [1.54, 1.807) is 0 Å². The predicted octanol–water partition coefficient (Wildman–Crippen LogP) is 3.26. The molecule has 1 aromatic rings. The minimum atomic E-state index is 0.145. The highest BCUT2D eigenvalue weighted by atomic mass is 32.2. The van der Waals surface area contributed by atoms with Crippen LogP contribution in [0.2, 0.25) is 0 Å². The van der Waals surface area contributed by atoms with Crippen molar-refractivity contribution in [1.82, 2.24) is 4.90 Å². The minimum absolute atomic E-state index is 0.145. The van der Waals surface area contributed by atoms with Gasteiger partial charge in [-0.25, -0.2) is 0 Å². The number of rotatable bonds is 3. The smallest absolute Gasteiger partial charge is 0.00476 e. The highest BCUT2D eigenvalue weighted by molar-refractivity contribution is 8.13. The van der Waals surface area contributed by atoms with Crippen LogP contribution in [0.25, 0.3) is 0 Å². The van der Waals surface area contributed by atoms with Gasteiger partial charge in [-0.05, 0) is 61.6 Å². The Balaban J connectivity index is 1.58. The van der Waals surface area contributed by atoms with Crippen LogP contribution in [0.1, 0.15) is 18.4 Å². The van der Waals surface area contributed by atoms with Gasteiger partial charge in [0, 0.05) is 18.0 Å². The number of hydrogen-bond donors (Lipinski definition) is 0. The molecule has 1 spiro atoms. The van der Waals surface area contributed by atoms with E-state index in [4.69, 9.17) is 0 Å². The summed E-state index contributed by atoms with van der Waals surface area (Å²) in [6.45, 7) is 2.67. The zero-order valence-electron chi connectivity index (χ0n) is 11.5. The first-order valence-corrected chi connectivity index (χ1v) is 8.60. The molecule has 0 radical (unpaired) electrons. The zero-order valence-corrected chi connectivity index (χ0v) is 12.3. The molecule has 2 heteroatoms. The van der Waals surface area contributed by atoms with Gasteiger partial charge < -0.3 is 4.90 Å². The summed E-state index contributed by atoms with van der Waals surface area (Å²) in [5.74, 6) is 5.07. The average Bonchev–Trinajstić information content (AvgIpc) is 2.24. The summed E-state index contributed by atoms with van der Waals surface area (Å²) >= 11 is 0. The van der Waals surface area contributed by atoms with Crippen molar-refractivity contribution in [3.05, 3.63) is 29.8 Å². The van der Waals surface area contributed by atoms with Crippen LogP contribution in [0.4, 0.5) is 0 Å². The lowest BCUT2D eigenvalue weighted by molar-refractivity contribution is -0.0810. The van der Waals surface area contributed by atoms with Gasteiger partial charge >= 0.3 is 0 Å². The number of hydrogen-bond acceptors (Lipinski definition) is 1. The molecule has 1 unspecified atom stereocenters. The molecule has 1 saturated heterocycles. The van der Waals surface area contributed by atoms with E-state index in [0.29, 0.717) is 0 Å². The van der Waals surface area contributed by atoms with E-state index in [1.807, 2.05) is 0 Å². The van der Waals surface area contributed by atoms with Crippen LogP contribution in [0, 0.1) is 11.3 Å². The SMILES string of the molecule is C=S(C)c1cccc(CC2CC3(C2)CN(C)C3)c1. The molecule has 2 fully saturated rings. The van der Waals surface area contributed by atoms with Crippen LogP contribution >= 0.6 is 10.5 Å². The summed E-state index contributed by atoms with van der Waals surface area (Å²) in [5.41, 5.74) is 2.24. The number of nitrogens with zero attached hydrogens (tertiary/aromatic N) is 1. The molecule has 1 saturated carbocycles. The summed E-state index contributed by atoms with van der Waals surface area (Å²) < 4.78 is 0. The molecule has 18 heavy (non-hydrogen) atoms. The number of likely N-dealkylation sites (tertiary alicyclic amines) is 1. The second-order valence-corrected chi connectivity index (χ2v) is 8.18. The Kier molecular flexibility index (Phi) is 3.11. The maximum atomic E-state index is 4.14. The molecule has 98 valence electrons. The molecule has 1 heterocycles. The van der Waals surface area contributed by atoms with Gasteiger partial charge in [0.05, 0.1) is 0 Å². The minimum Gasteiger partial charge on any atom is -0.305 e. The third kappa shape index (κ3) is 2.28. The van der Waals surface area contributed by atoms with Gasteiger partial charge in [-0.1, -0.05) is 18.0 Å². The summed E-state index contributed by atoms with van der Waals surface area (Å²) in [6.07, 6.45) is 6.37. The van der Waals surface area contributed by atoms with E-state index < -0.39 is 0 Å². The van der Waals surface area contributed by atoms with E-state index in [-0.39, 0.29) is 10.5 Å². The predicted molar refractivity (Wildman–Crippen MR) is 81.7 cm³/mol. The lowest BCUT2D eigenvalue weighted by Gasteiger charge is -2.58. The van der Waals surface area contributed by atoms with E-state index in [1.165, 1.54) is 42.8 Å². The van der Waals surface area contributed by atoms with Crippen molar-refractivity contribution in [2.24, 2.45) is 11.3 Å². The van der Waals surface area contributed by atoms with Crippen LogP contribution in [0.5, 0.6) is 0 Å². The van der Waals surface area contributed by atoms with Gasteiger partial charge in [0.2, 0.25) is 0 Å². The van der Waals surface area contributed by atoms with Gasteiger partial charge in [0.1, 0.15) is 0 Å². The third-order valence-corrected chi connectivity index (χ3v) is 5.54. The Morgan fingerprint density at radius 3 is 2.72 bits per heavy atom. The normalized spacial score (nSPS) is 24.6. The van der Waals surface area contributed by atoms with E-state index in [9.17, 15) is 0 Å². The summed E-state index contributed by atoms with van der Waals surface area (Å²) in [4.78, 5) is 3.85. The van der Waals surface area contributed by atoms with Crippen molar-refractivity contribution in [1.29, 1.82) is 0 Å². The van der Waals surface area contributed by atoms with Crippen LogP contribution in [0.15, 0.2) is 29.2 Å². The van der Waals surface area contributed by atoms with Gasteiger partial charge in [0.15, 0.2) is 0 Å². The first kappa shape index (κ1) is 12.4. The standard InChI is InChI=1S/C16H23NS/c1-17-11-16(12-17)9-14(10-16)7-13-5-4-6-15(8-13)18(2)3/h4-6,8,14H,2,7,9-12H2,1,3H3. The van der Waals surface area contributed by atoms with Crippen molar-refractivity contribution >= 4 is 16.4 Å². The Morgan fingerprint density at radius 1 is 1.39 bits per heavy atom. The number of benzene rings is 1. The van der Waals surface area contributed by atoms with Crippen LogP contribution in [0.3, 0.4) is 0 Å². The second-order valence-electron chi connectivity index (χ2n) is 6.44. The Labute approximate surface area is 113 Å². The first-order valence-electron chi connectivity index (χ1n) is 6.79. The maximum Gasteiger partial charge on any atom is 0.00476 e. The quantitative estimate of drug-likeness (QED) is 0.755. The molecule has 0 bridgehead atoms. The van der Waals surface area contributed by atoms with Gasteiger partial charge in [0.25, 0.3) is 0 Å². The highest BCUT2D eigenvalue weighted by Crippen LogP contribution is 2.52. The molecule has 3 rings (SSSR count). The molecular weight excluding hydrogens is 238 g/mol. The molecule has 2 aliphatic rings. The molecule has 1 nitrogen and oxygen atoms in total. The van der Waals surface area contributed by atoms with E-state index in [0.717, 1.165) is 11.3 Å². The fraction of sp³-hybridized carbons (Fsp3) is 0.562. The van der Waals surface area contributed by atoms with Gasteiger partial charge in [-0.15, -0.1) is 0 Å². The van der Waals surface area contributed by atoms with E-state index in [2.05, 4.69) is 48.3 Å². The van der Waals surface area contributed by atoms with Crippen LogP contribution < -0.4 is 0 Å². The average molecular weight is 261 g/mol. The molecular formula is C16H23NS. The summed E-state index contributed by atoms with van der Waals surface area (Å²) in [7, 11) is 2.38. The van der Waals surface area contributed by atoms with Crippen molar-refractivity contribution in [2.45, 2.75) is 24.2 Å². The van der Waals surface area contributed by atoms with Crippen LogP contribution in [-0.2, 0) is 6.42 Å². The maximum absolute atomic E-state index is 4.14. The van der Waals surface area contributed by atoms with Gasteiger partial charge in [-0.3, -0.25) is 0 Å². The molecule has 0 N–H and O–H groups in total. The zero-order chi connectivity index (χ0) is 12.8. The highest BCUT2D eigenvalue weighted by Gasteiger charge is 2.50. The van der Waals surface area contributed by atoms with Crippen LogP contribution in [-0.4, -0.2) is 37.2 Å². The Morgan fingerprint density at radius 2 is 2.11 bits per heavy atom. The molecule has 0 amide bonds. The van der Waals surface area contributed by atoms with Crippen molar-refractivity contribution in [2.75, 3.05) is 26.4 Å².